The highest BCUT2D eigenvalue weighted by molar-refractivity contribution is 5.58. The number of carbonyl (C=O) groups excluding carboxylic acids is 1. The topological polar surface area (TPSA) is 61.6 Å². The zero-order valence-electron chi connectivity index (χ0n) is 8.90. The van der Waals surface area contributed by atoms with E-state index in [2.05, 4.69) is 0 Å². The molecule has 15 heavy (non-hydrogen) atoms. The number of hydrogen-bond donors (Lipinski definition) is 1. The molecule has 0 aliphatic carbocycles. The van der Waals surface area contributed by atoms with E-state index in [1.54, 1.807) is 26.4 Å². The summed E-state index contributed by atoms with van der Waals surface area (Å²) in [6.45, 7) is 0. The van der Waals surface area contributed by atoms with Crippen LogP contribution in [0.3, 0.4) is 0 Å². The van der Waals surface area contributed by atoms with Crippen LogP contribution in [0.1, 0.15) is 5.56 Å². The van der Waals surface area contributed by atoms with E-state index in [4.69, 9.17) is 15.2 Å². The Balaban J connectivity index is 2.95. The summed E-state index contributed by atoms with van der Waals surface area (Å²) < 4.78 is 10.2. The molecule has 0 heterocycles. The molecule has 1 aromatic rings. The maximum absolute atomic E-state index is 10.5. The molecule has 4 nitrogen and oxygen atoms in total. The number of carbonyl (C=O) groups is 1. The van der Waals surface area contributed by atoms with Gasteiger partial charge in [0.25, 0.3) is 0 Å². The van der Waals surface area contributed by atoms with Crippen LogP contribution in [0, 0.1) is 0 Å². The van der Waals surface area contributed by atoms with Crippen molar-refractivity contribution in [3.05, 3.63) is 23.8 Å². The fourth-order valence-corrected chi connectivity index (χ4v) is 1.34. The largest absolute Gasteiger partial charge is 0.497 e. The van der Waals surface area contributed by atoms with Gasteiger partial charge in [-0.2, -0.15) is 0 Å². The van der Waals surface area contributed by atoms with Crippen LogP contribution < -0.4 is 15.2 Å². The molecule has 1 unspecified atom stereocenters. The summed E-state index contributed by atoms with van der Waals surface area (Å²) in [5.74, 6) is 1.44. The zero-order chi connectivity index (χ0) is 11.3. The van der Waals surface area contributed by atoms with Gasteiger partial charge in [-0.15, -0.1) is 0 Å². The van der Waals surface area contributed by atoms with Gasteiger partial charge >= 0.3 is 0 Å². The van der Waals surface area contributed by atoms with Crippen molar-refractivity contribution in [3.63, 3.8) is 0 Å². The molecule has 0 radical (unpaired) electrons. The number of hydrogen-bond acceptors (Lipinski definition) is 4. The van der Waals surface area contributed by atoms with Gasteiger partial charge in [0.05, 0.1) is 20.3 Å². The minimum atomic E-state index is -0.508. The molecule has 1 rings (SSSR count). The predicted molar refractivity (Wildman–Crippen MR) is 57.3 cm³/mol. The van der Waals surface area contributed by atoms with Crippen molar-refractivity contribution in [1.29, 1.82) is 0 Å². The summed E-state index contributed by atoms with van der Waals surface area (Å²) in [4.78, 5) is 10.5. The highest BCUT2D eigenvalue weighted by Crippen LogP contribution is 2.24. The fraction of sp³-hybridized carbons (Fsp3) is 0.364. The molecule has 0 aromatic heterocycles. The molecule has 0 spiro atoms. The second kappa shape index (κ2) is 5.36. The number of methoxy groups -OCH3 is 2. The van der Waals surface area contributed by atoms with Crippen molar-refractivity contribution in [1.82, 2.24) is 0 Å². The SMILES string of the molecule is COc1ccc(OC)c(CC(N)C=O)c1. The average Bonchev–Trinajstić information content (AvgIpc) is 2.28. The highest BCUT2D eigenvalue weighted by Gasteiger charge is 2.09. The maximum Gasteiger partial charge on any atom is 0.137 e. The quantitative estimate of drug-likeness (QED) is 0.728. The summed E-state index contributed by atoms with van der Waals surface area (Å²) in [6.07, 6.45) is 1.17. The van der Waals surface area contributed by atoms with E-state index in [-0.39, 0.29) is 0 Å². The van der Waals surface area contributed by atoms with Crippen molar-refractivity contribution in [2.75, 3.05) is 14.2 Å². The Labute approximate surface area is 89.0 Å². The van der Waals surface area contributed by atoms with Crippen molar-refractivity contribution < 1.29 is 14.3 Å². The highest BCUT2D eigenvalue weighted by atomic mass is 16.5. The standard InChI is InChI=1S/C11H15NO3/c1-14-10-3-4-11(15-2)8(6-10)5-9(12)7-13/h3-4,6-7,9H,5,12H2,1-2H3. The van der Waals surface area contributed by atoms with Crippen LogP contribution in [0.4, 0.5) is 0 Å². The summed E-state index contributed by atoms with van der Waals surface area (Å²) >= 11 is 0. The number of nitrogens with two attached hydrogens (primary N) is 1. The van der Waals surface area contributed by atoms with Crippen LogP contribution >= 0.6 is 0 Å². The monoisotopic (exact) mass is 209 g/mol. The molecule has 0 aliphatic rings. The molecule has 1 aromatic carbocycles. The minimum Gasteiger partial charge on any atom is -0.497 e. The van der Waals surface area contributed by atoms with Crippen molar-refractivity contribution in [2.45, 2.75) is 12.5 Å². The number of rotatable bonds is 5. The van der Waals surface area contributed by atoms with Gasteiger partial charge in [0.1, 0.15) is 17.8 Å². The number of ether oxygens (including phenoxy) is 2. The molecular weight excluding hydrogens is 194 g/mol. The van der Waals surface area contributed by atoms with Gasteiger partial charge in [-0.1, -0.05) is 0 Å². The molecule has 0 fully saturated rings. The molecule has 2 N–H and O–H groups in total. The first kappa shape index (κ1) is 11.5. The summed E-state index contributed by atoms with van der Waals surface area (Å²) in [5.41, 5.74) is 6.43. The Hall–Kier alpha value is -1.55. The minimum absolute atomic E-state index is 0.448. The van der Waals surface area contributed by atoms with E-state index in [0.717, 1.165) is 17.6 Å². The Kier molecular flexibility index (Phi) is 4.12. The molecule has 82 valence electrons. The Morgan fingerprint density at radius 1 is 1.40 bits per heavy atom. The molecule has 0 saturated heterocycles. The average molecular weight is 209 g/mol. The van der Waals surface area contributed by atoms with Crippen LogP contribution in [0.15, 0.2) is 18.2 Å². The van der Waals surface area contributed by atoms with Crippen LogP contribution in [-0.4, -0.2) is 26.5 Å². The molecule has 4 heteroatoms. The van der Waals surface area contributed by atoms with Gasteiger partial charge in [-0.3, -0.25) is 0 Å². The van der Waals surface area contributed by atoms with Crippen LogP contribution in [0.2, 0.25) is 0 Å². The van der Waals surface area contributed by atoms with Crippen LogP contribution in [0.5, 0.6) is 11.5 Å². The lowest BCUT2D eigenvalue weighted by atomic mass is 10.1. The number of aldehydes is 1. The Bertz CT molecular complexity index is 339. The first-order chi connectivity index (χ1) is 7.21. The van der Waals surface area contributed by atoms with Crippen LogP contribution in [-0.2, 0) is 11.2 Å². The predicted octanol–water partition coefficient (Wildman–Crippen LogP) is 0.772. The second-order valence-electron chi connectivity index (χ2n) is 3.18. The van der Waals surface area contributed by atoms with E-state index in [9.17, 15) is 4.79 Å². The Morgan fingerprint density at radius 3 is 2.67 bits per heavy atom. The van der Waals surface area contributed by atoms with E-state index < -0.39 is 6.04 Å². The summed E-state index contributed by atoms with van der Waals surface area (Å²) in [6, 6.07) is 4.91. The van der Waals surface area contributed by atoms with E-state index in [1.165, 1.54) is 0 Å². The molecule has 1 atom stereocenters. The van der Waals surface area contributed by atoms with Gasteiger partial charge in [0, 0.05) is 0 Å². The normalized spacial score (nSPS) is 11.9. The van der Waals surface area contributed by atoms with E-state index in [0.29, 0.717) is 12.2 Å². The van der Waals surface area contributed by atoms with Gasteiger partial charge in [0.2, 0.25) is 0 Å². The smallest absolute Gasteiger partial charge is 0.137 e. The number of benzene rings is 1. The van der Waals surface area contributed by atoms with E-state index in [1.807, 2.05) is 6.07 Å². The first-order valence-electron chi connectivity index (χ1n) is 4.63. The first-order valence-corrected chi connectivity index (χ1v) is 4.63. The lowest BCUT2D eigenvalue weighted by Crippen LogP contribution is -2.24. The van der Waals surface area contributed by atoms with Crippen LogP contribution in [0.25, 0.3) is 0 Å². The lowest BCUT2D eigenvalue weighted by Gasteiger charge is -2.11. The molecular formula is C11H15NO3. The Morgan fingerprint density at radius 2 is 2.13 bits per heavy atom. The maximum atomic E-state index is 10.5. The van der Waals surface area contributed by atoms with Crippen molar-refractivity contribution in [2.24, 2.45) is 5.73 Å². The lowest BCUT2D eigenvalue weighted by molar-refractivity contribution is -0.108. The van der Waals surface area contributed by atoms with E-state index >= 15 is 0 Å². The molecule has 0 bridgehead atoms. The zero-order valence-corrected chi connectivity index (χ0v) is 8.90. The van der Waals surface area contributed by atoms with Gasteiger partial charge in [-0.25, -0.2) is 0 Å². The van der Waals surface area contributed by atoms with Gasteiger partial charge in [0.15, 0.2) is 0 Å². The fourth-order valence-electron chi connectivity index (χ4n) is 1.34. The van der Waals surface area contributed by atoms with Gasteiger partial charge < -0.3 is 20.0 Å². The molecule has 0 saturated carbocycles. The molecule has 0 aliphatic heterocycles. The third-order valence-corrected chi connectivity index (χ3v) is 2.12. The van der Waals surface area contributed by atoms with Crippen molar-refractivity contribution in [3.8, 4) is 11.5 Å². The summed E-state index contributed by atoms with van der Waals surface area (Å²) in [5, 5.41) is 0. The van der Waals surface area contributed by atoms with Crippen molar-refractivity contribution >= 4 is 6.29 Å². The third kappa shape index (κ3) is 2.95. The van der Waals surface area contributed by atoms with Gasteiger partial charge in [-0.05, 0) is 30.2 Å². The third-order valence-electron chi connectivity index (χ3n) is 2.12. The summed E-state index contributed by atoms with van der Waals surface area (Å²) in [7, 11) is 3.17. The molecule has 0 amide bonds. The second-order valence-corrected chi connectivity index (χ2v) is 3.18.